The largest absolute Gasteiger partial charge is 0.337 e. The van der Waals surface area contributed by atoms with Gasteiger partial charge in [0.25, 0.3) is 0 Å². The number of carbonyl (C=O) groups is 1. The van der Waals surface area contributed by atoms with E-state index in [0.717, 1.165) is 32.1 Å². The third-order valence-corrected chi connectivity index (χ3v) is 4.24. The van der Waals surface area contributed by atoms with Gasteiger partial charge in [0.2, 0.25) is 5.91 Å². The van der Waals surface area contributed by atoms with Crippen molar-refractivity contribution >= 4 is 5.91 Å². The van der Waals surface area contributed by atoms with Crippen molar-refractivity contribution < 1.29 is 4.79 Å². The summed E-state index contributed by atoms with van der Waals surface area (Å²) in [4.78, 5) is 16.5. The highest BCUT2D eigenvalue weighted by atomic mass is 16.2. The molecule has 0 radical (unpaired) electrons. The summed E-state index contributed by atoms with van der Waals surface area (Å²) < 4.78 is 0. The molecule has 0 bridgehead atoms. The lowest BCUT2D eigenvalue weighted by Gasteiger charge is -2.37. The summed E-state index contributed by atoms with van der Waals surface area (Å²) in [5.74, 6) is 1.12. The zero-order valence-corrected chi connectivity index (χ0v) is 10.5. The molecular formula is C13H23N3O. The molecule has 3 fully saturated rings. The van der Waals surface area contributed by atoms with Crippen LogP contribution in [-0.4, -0.2) is 61.0 Å². The molecule has 2 heterocycles. The van der Waals surface area contributed by atoms with Crippen LogP contribution in [0.4, 0.5) is 0 Å². The number of nitrogens with zero attached hydrogens (tertiary/aromatic N) is 2. The van der Waals surface area contributed by atoms with Crippen LogP contribution in [0.15, 0.2) is 0 Å². The Morgan fingerprint density at radius 1 is 1.24 bits per heavy atom. The van der Waals surface area contributed by atoms with Crippen LogP contribution in [-0.2, 0) is 4.79 Å². The molecule has 0 spiro atoms. The lowest BCUT2D eigenvalue weighted by molar-refractivity contribution is -0.136. The lowest BCUT2D eigenvalue weighted by Crippen LogP contribution is -2.52. The molecule has 2 saturated heterocycles. The summed E-state index contributed by atoms with van der Waals surface area (Å²) >= 11 is 0. The Balaban J connectivity index is 1.47. The first-order chi connectivity index (χ1) is 8.33. The van der Waals surface area contributed by atoms with Gasteiger partial charge in [-0.2, -0.15) is 0 Å². The van der Waals surface area contributed by atoms with Crippen LogP contribution >= 0.6 is 0 Å². The number of amides is 1. The number of hydrogen-bond donors (Lipinski definition) is 1. The summed E-state index contributed by atoms with van der Waals surface area (Å²) in [7, 11) is 0. The molecule has 1 amide bonds. The third-order valence-electron chi connectivity index (χ3n) is 4.24. The first-order valence-corrected chi connectivity index (χ1v) is 7.05. The quantitative estimate of drug-likeness (QED) is 0.766. The fraction of sp³-hybridized carbons (Fsp3) is 0.923. The summed E-state index contributed by atoms with van der Waals surface area (Å²) in [5.41, 5.74) is 0. The molecule has 0 aromatic heterocycles. The molecule has 1 aliphatic carbocycles. The van der Waals surface area contributed by atoms with Gasteiger partial charge in [-0.15, -0.1) is 0 Å². The minimum absolute atomic E-state index is 0.363. The predicted octanol–water partition coefficient (Wildman–Crippen LogP) is 0.293. The Kier molecular flexibility index (Phi) is 3.34. The van der Waals surface area contributed by atoms with Crippen LogP contribution < -0.4 is 5.32 Å². The van der Waals surface area contributed by atoms with E-state index in [4.69, 9.17) is 0 Å². The number of piperazine rings is 1. The first-order valence-electron chi connectivity index (χ1n) is 7.05. The van der Waals surface area contributed by atoms with Crippen LogP contribution in [0.5, 0.6) is 0 Å². The number of hydrogen-bond acceptors (Lipinski definition) is 3. The van der Waals surface area contributed by atoms with E-state index in [-0.39, 0.29) is 0 Å². The maximum atomic E-state index is 12.0. The molecule has 4 heteroatoms. The van der Waals surface area contributed by atoms with Crippen molar-refractivity contribution in [3.8, 4) is 0 Å². The van der Waals surface area contributed by atoms with Gasteiger partial charge in [0.1, 0.15) is 0 Å². The van der Waals surface area contributed by atoms with Gasteiger partial charge in [0.05, 0.1) is 6.54 Å². The fourth-order valence-electron chi connectivity index (χ4n) is 3.11. The normalized spacial score (nSPS) is 31.9. The maximum absolute atomic E-state index is 12.0. The van der Waals surface area contributed by atoms with Crippen LogP contribution in [0.1, 0.15) is 25.7 Å². The van der Waals surface area contributed by atoms with E-state index in [1.807, 2.05) is 0 Å². The number of rotatable bonds is 3. The average molecular weight is 237 g/mol. The van der Waals surface area contributed by atoms with Crippen molar-refractivity contribution in [2.45, 2.75) is 31.7 Å². The van der Waals surface area contributed by atoms with Crippen molar-refractivity contribution in [2.75, 3.05) is 39.3 Å². The zero-order valence-electron chi connectivity index (χ0n) is 10.5. The van der Waals surface area contributed by atoms with Gasteiger partial charge in [-0.1, -0.05) is 0 Å². The summed E-state index contributed by atoms with van der Waals surface area (Å²) in [6.07, 6.45) is 5.08. The van der Waals surface area contributed by atoms with E-state index < -0.39 is 0 Å². The van der Waals surface area contributed by atoms with Crippen LogP contribution in [0.2, 0.25) is 0 Å². The number of piperidine rings is 1. The Morgan fingerprint density at radius 3 is 2.76 bits per heavy atom. The second kappa shape index (κ2) is 4.94. The molecule has 1 N–H and O–H groups in total. The molecule has 4 nitrogen and oxygen atoms in total. The van der Waals surface area contributed by atoms with Crippen LogP contribution in [0, 0.1) is 5.92 Å². The Hall–Kier alpha value is -0.610. The SMILES string of the molecule is O=C1CN(CC2CCCNC2)CCN1C1CC1. The Morgan fingerprint density at radius 2 is 2.12 bits per heavy atom. The molecule has 0 aromatic carbocycles. The molecule has 17 heavy (non-hydrogen) atoms. The molecule has 3 aliphatic rings. The zero-order chi connectivity index (χ0) is 11.7. The van der Waals surface area contributed by atoms with E-state index >= 15 is 0 Å². The average Bonchev–Trinajstić information content (AvgIpc) is 3.15. The Labute approximate surface area is 103 Å². The van der Waals surface area contributed by atoms with Gasteiger partial charge in [-0.3, -0.25) is 9.69 Å². The van der Waals surface area contributed by atoms with Crippen molar-refractivity contribution in [3.05, 3.63) is 0 Å². The monoisotopic (exact) mass is 237 g/mol. The minimum atomic E-state index is 0.363. The molecule has 3 rings (SSSR count). The van der Waals surface area contributed by atoms with E-state index in [1.54, 1.807) is 0 Å². The molecule has 1 saturated carbocycles. The third kappa shape index (κ3) is 2.80. The van der Waals surface area contributed by atoms with Crippen molar-refractivity contribution in [2.24, 2.45) is 5.92 Å². The highest BCUT2D eigenvalue weighted by Crippen LogP contribution is 2.28. The van der Waals surface area contributed by atoms with Gasteiger partial charge in [0.15, 0.2) is 0 Å². The standard InChI is InChI=1S/C13H23N3O/c17-13-10-15(6-7-16(13)12-3-4-12)9-11-2-1-5-14-8-11/h11-12,14H,1-10H2. The van der Waals surface area contributed by atoms with Crippen LogP contribution in [0.3, 0.4) is 0 Å². The van der Waals surface area contributed by atoms with Gasteiger partial charge in [-0.25, -0.2) is 0 Å². The van der Waals surface area contributed by atoms with E-state index in [9.17, 15) is 4.79 Å². The lowest BCUT2D eigenvalue weighted by atomic mass is 9.99. The van der Waals surface area contributed by atoms with E-state index in [2.05, 4.69) is 15.1 Å². The molecule has 96 valence electrons. The molecular weight excluding hydrogens is 214 g/mol. The topological polar surface area (TPSA) is 35.6 Å². The van der Waals surface area contributed by atoms with Crippen LogP contribution in [0.25, 0.3) is 0 Å². The molecule has 1 atom stereocenters. The smallest absolute Gasteiger partial charge is 0.237 e. The molecule has 2 aliphatic heterocycles. The number of nitrogens with one attached hydrogen (secondary N) is 1. The highest BCUT2D eigenvalue weighted by Gasteiger charge is 2.35. The first kappa shape index (κ1) is 11.5. The summed E-state index contributed by atoms with van der Waals surface area (Å²) in [5, 5.41) is 3.45. The van der Waals surface area contributed by atoms with Crippen molar-refractivity contribution in [1.82, 2.24) is 15.1 Å². The second-order valence-electron chi connectivity index (χ2n) is 5.77. The molecule has 1 unspecified atom stereocenters. The minimum Gasteiger partial charge on any atom is -0.337 e. The highest BCUT2D eigenvalue weighted by molar-refractivity contribution is 5.79. The van der Waals surface area contributed by atoms with Crippen molar-refractivity contribution in [1.29, 1.82) is 0 Å². The van der Waals surface area contributed by atoms with Gasteiger partial charge in [0, 0.05) is 25.7 Å². The van der Waals surface area contributed by atoms with Gasteiger partial charge >= 0.3 is 0 Å². The van der Waals surface area contributed by atoms with E-state index in [0.29, 0.717) is 18.5 Å². The Bertz CT molecular complexity index is 284. The summed E-state index contributed by atoms with van der Waals surface area (Å²) in [6, 6.07) is 0.598. The number of carbonyl (C=O) groups excluding carboxylic acids is 1. The molecule has 0 aromatic rings. The predicted molar refractivity (Wildman–Crippen MR) is 66.8 cm³/mol. The fourth-order valence-corrected chi connectivity index (χ4v) is 3.11. The van der Waals surface area contributed by atoms with Gasteiger partial charge < -0.3 is 10.2 Å². The second-order valence-corrected chi connectivity index (χ2v) is 5.77. The van der Waals surface area contributed by atoms with E-state index in [1.165, 1.54) is 32.2 Å². The summed E-state index contributed by atoms with van der Waals surface area (Å²) in [6.45, 7) is 6.12. The maximum Gasteiger partial charge on any atom is 0.237 e. The van der Waals surface area contributed by atoms with Crippen molar-refractivity contribution in [3.63, 3.8) is 0 Å². The van der Waals surface area contributed by atoms with Gasteiger partial charge in [-0.05, 0) is 44.7 Å².